The number of rotatable bonds is 5. The second-order valence-electron chi connectivity index (χ2n) is 9.57. The first kappa shape index (κ1) is 27.0. The number of amides is 1. The van der Waals surface area contributed by atoms with Gasteiger partial charge in [0.05, 0.1) is 21.3 Å². The Balaban J connectivity index is 1.39. The van der Waals surface area contributed by atoms with Crippen molar-refractivity contribution >= 4 is 21.4 Å². The van der Waals surface area contributed by atoms with Crippen LogP contribution < -0.4 is 5.32 Å². The number of hydrogen-bond donors (Lipinski definition) is 1. The Morgan fingerprint density at radius 3 is 2.30 bits per heavy atom. The number of aromatic nitrogens is 2. The number of pyridine rings is 1. The standard InChI is InChI=1S/C24H23F6N3O3S/c1-22(14-31-21(34)19-13-33-10-7-16(24(28,29)30)12-20(33)32-19)8-5-17(6-9-22)37(35,36)18-4-2-3-15(11-18)23(25,26)27/h2-4,7,10-13,17H,5-6,8-9,14H2,1H3,(H,31,34). The van der Waals surface area contributed by atoms with Crippen molar-refractivity contribution in [2.75, 3.05) is 6.54 Å². The summed E-state index contributed by atoms with van der Waals surface area (Å²) in [5.41, 5.74) is -2.49. The lowest BCUT2D eigenvalue weighted by Gasteiger charge is -2.37. The van der Waals surface area contributed by atoms with E-state index in [0.29, 0.717) is 18.9 Å². The average molecular weight is 548 g/mol. The molecule has 1 aliphatic rings. The van der Waals surface area contributed by atoms with E-state index in [2.05, 4.69) is 10.3 Å². The number of alkyl halides is 6. The number of nitrogens with one attached hydrogen (secondary N) is 1. The first-order valence-corrected chi connectivity index (χ1v) is 12.9. The Hall–Kier alpha value is -3.09. The van der Waals surface area contributed by atoms with Crippen LogP contribution in [0, 0.1) is 5.41 Å². The summed E-state index contributed by atoms with van der Waals surface area (Å²) in [5, 5.41) is 1.87. The summed E-state index contributed by atoms with van der Waals surface area (Å²) < 4.78 is 105. The fourth-order valence-corrected chi connectivity index (χ4v) is 6.27. The van der Waals surface area contributed by atoms with E-state index in [-0.39, 0.29) is 35.6 Å². The maximum Gasteiger partial charge on any atom is 0.416 e. The number of carbonyl (C=O) groups is 1. The highest BCUT2D eigenvalue weighted by Crippen LogP contribution is 2.40. The Kier molecular flexibility index (Phi) is 6.80. The zero-order valence-corrected chi connectivity index (χ0v) is 20.3. The minimum Gasteiger partial charge on any atom is -0.350 e. The second-order valence-corrected chi connectivity index (χ2v) is 11.8. The molecule has 1 fully saturated rings. The number of fused-ring (bicyclic) bond motifs is 1. The number of sulfone groups is 1. The van der Waals surface area contributed by atoms with Crippen LogP contribution in [0.2, 0.25) is 0 Å². The maximum absolute atomic E-state index is 13.0. The molecule has 1 saturated carbocycles. The van der Waals surface area contributed by atoms with Crippen LogP contribution >= 0.6 is 0 Å². The molecule has 0 aliphatic heterocycles. The van der Waals surface area contributed by atoms with Crippen LogP contribution in [0.4, 0.5) is 26.3 Å². The van der Waals surface area contributed by atoms with Gasteiger partial charge in [0.25, 0.3) is 5.91 Å². The number of benzene rings is 1. The minimum absolute atomic E-state index is 0.0357. The van der Waals surface area contributed by atoms with Crippen molar-refractivity contribution in [3.05, 3.63) is 65.6 Å². The molecule has 4 rings (SSSR count). The van der Waals surface area contributed by atoms with Gasteiger partial charge < -0.3 is 9.72 Å². The molecule has 0 bridgehead atoms. The molecule has 1 aliphatic carbocycles. The van der Waals surface area contributed by atoms with E-state index < -0.39 is 49.9 Å². The Bertz CT molecular complexity index is 1420. The number of carbonyl (C=O) groups excluding carboxylic acids is 1. The van der Waals surface area contributed by atoms with Crippen molar-refractivity contribution in [3.8, 4) is 0 Å². The highest BCUT2D eigenvalue weighted by molar-refractivity contribution is 7.92. The number of imidazole rings is 1. The largest absolute Gasteiger partial charge is 0.416 e. The van der Waals surface area contributed by atoms with Gasteiger partial charge in [0.15, 0.2) is 9.84 Å². The summed E-state index contributed by atoms with van der Waals surface area (Å²) in [6, 6.07) is 5.41. The number of nitrogens with zero attached hydrogens (tertiary/aromatic N) is 2. The topological polar surface area (TPSA) is 80.5 Å². The van der Waals surface area contributed by atoms with Crippen LogP contribution in [0.1, 0.15) is 54.2 Å². The normalized spacial score (nSPS) is 21.2. The van der Waals surface area contributed by atoms with Gasteiger partial charge in [-0.15, -0.1) is 0 Å². The fraction of sp³-hybridized carbons (Fsp3) is 0.417. The van der Waals surface area contributed by atoms with Crippen LogP contribution in [-0.2, 0) is 22.2 Å². The average Bonchev–Trinajstić information content (AvgIpc) is 3.26. The van der Waals surface area contributed by atoms with E-state index in [1.54, 1.807) is 0 Å². The van der Waals surface area contributed by atoms with E-state index in [0.717, 1.165) is 36.5 Å². The van der Waals surface area contributed by atoms with Gasteiger partial charge >= 0.3 is 12.4 Å². The summed E-state index contributed by atoms with van der Waals surface area (Å²) >= 11 is 0. The summed E-state index contributed by atoms with van der Waals surface area (Å²) in [6.07, 6.45) is -5.51. The molecular formula is C24H23F6N3O3S. The molecule has 2 heterocycles. The summed E-state index contributed by atoms with van der Waals surface area (Å²) in [4.78, 5) is 16.2. The van der Waals surface area contributed by atoms with E-state index in [9.17, 15) is 39.6 Å². The van der Waals surface area contributed by atoms with Gasteiger partial charge in [-0.2, -0.15) is 26.3 Å². The van der Waals surface area contributed by atoms with Gasteiger partial charge in [0.2, 0.25) is 0 Å². The number of hydrogen-bond acceptors (Lipinski definition) is 4. The van der Waals surface area contributed by atoms with Crippen molar-refractivity contribution in [1.82, 2.24) is 14.7 Å². The van der Waals surface area contributed by atoms with Crippen molar-refractivity contribution in [2.45, 2.75) is 55.1 Å². The molecular weight excluding hydrogens is 524 g/mol. The molecule has 1 aromatic carbocycles. The first-order chi connectivity index (χ1) is 17.1. The first-order valence-electron chi connectivity index (χ1n) is 11.3. The molecule has 0 atom stereocenters. The molecule has 0 saturated heterocycles. The summed E-state index contributed by atoms with van der Waals surface area (Å²) in [6.45, 7) is 2.03. The lowest BCUT2D eigenvalue weighted by molar-refractivity contribution is -0.138. The van der Waals surface area contributed by atoms with Crippen LogP contribution in [0.3, 0.4) is 0 Å². The van der Waals surface area contributed by atoms with Crippen LogP contribution in [0.5, 0.6) is 0 Å². The molecule has 6 nitrogen and oxygen atoms in total. The van der Waals surface area contributed by atoms with Crippen LogP contribution in [-0.4, -0.2) is 35.5 Å². The molecule has 1 N–H and O–H groups in total. The Labute approximate surface area is 208 Å². The van der Waals surface area contributed by atoms with E-state index in [4.69, 9.17) is 0 Å². The van der Waals surface area contributed by atoms with E-state index in [1.165, 1.54) is 10.6 Å². The van der Waals surface area contributed by atoms with Crippen LogP contribution in [0.15, 0.2) is 53.7 Å². The molecule has 13 heteroatoms. The van der Waals surface area contributed by atoms with E-state index in [1.807, 2.05) is 6.92 Å². The highest BCUT2D eigenvalue weighted by atomic mass is 32.2. The third-order valence-electron chi connectivity index (χ3n) is 6.76. The lowest BCUT2D eigenvalue weighted by Crippen LogP contribution is -2.40. The van der Waals surface area contributed by atoms with Crippen molar-refractivity contribution in [3.63, 3.8) is 0 Å². The second kappa shape index (κ2) is 9.34. The third-order valence-corrected chi connectivity index (χ3v) is 9.02. The van der Waals surface area contributed by atoms with Gasteiger partial charge in [-0.1, -0.05) is 13.0 Å². The highest BCUT2D eigenvalue weighted by Gasteiger charge is 2.39. The molecule has 0 unspecified atom stereocenters. The van der Waals surface area contributed by atoms with Gasteiger partial charge in [-0.3, -0.25) is 4.79 Å². The van der Waals surface area contributed by atoms with Crippen molar-refractivity contribution < 1.29 is 39.6 Å². The predicted molar refractivity (Wildman–Crippen MR) is 122 cm³/mol. The minimum atomic E-state index is -4.66. The van der Waals surface area contributed by atoms with Gasteiger partial charge in [0, 0.05) is 18.9 Å². The zero-order valence-electron chi connectivity index (χ0n) is 19.5. The smallest absolute Gasteiger partial charge is 0.350 e. The number of halogens is 6. The quantitative estimate of drug-likeness (QED) is 0.427. The lowest BCUT2D eigenvalue weighted by atomic mass is 9.75. The van der Waals surface area contributed by atoms with Crippen molar-refractivity contribution in [1.29, 1.82) is 0 Å². The van der Waals surface area contributed by atoms with Gasteiger partial charge in [-0.05, 0) is 61.4 Å². The molecule has 3 aromatic rings. The maximum atomic E-state index is 13.0. The van der Waals surface area contributed by atoms with Crippen LogP contribution in [0.25, 0.3) is 5.65 Å². The van der Waals surface area contributed by atoms with Gasteiger partial charge in [-0.25, -0.2) is 13.4 Å². The molecule has 0 spiro atoms. The van der Waals surface area contributed by atoms with Gasteiger partial charge in [0.1, 0.15) is 11.3 Å². The Morgan fingerprint density at radius 2 is 1.68 bits per heavy atom. The molecule has 2 aromatic heterocycles. The molecule has 37 heavy (non-hydrogen) atoms. The fourth-order valence-electron chi connectivity index (χ4n) is 4.47. The third kappa shape index (κ3) is 5.76. The van der Waals surface area contributed by atoms with E-state index >= 15 is 0 Å². The monoisotopic (exact) mass is 547 g/mol. The zero-order chi connectivity index (χ0) is 27.2. The predicted octanol–water partition coefficient (Wildman–Crippen LogP) is 5.52. The molecule has 200 valence electrons. The molecule has 1 amide bonds. The summed E-state index contributed by atoms with van der Waals surface area (Å²) in [5.74, 6) is -0.586. The van der Waals surface area contributed by atoms with Crippen molar-refractivity contribution in [2.24, 2.45) is 5.41 Å². The summed E-state index contributed by atoms with van der Waals surface area (Å²) in [7, 11) is -3.98. The SMILES string of the molecule is CC1(CNC(=O)c2cn3ccc(C(F)(F)F)cc3n2)CCC(S(=O)(=O)c2cccc(C(F)(F)F)c2)CC1. The molecule has 0 radical (unpaired) electrons. The Morgan fingerprint density at radius 1 is 1.05 bits per heavy atom.